The molecule has 0 amide bonds. The van der Waals surface area contributed by atoms with Crippen LogP contribution >= 0.6 is 0 Å². The Morgan fingerprint density at radius 3 is 1.02 bits per heavy atom. The van der Waals surface area contributed by atoms with E-state index in [4.69, 9.17) is 0 Å². The van der Waals surface area contributed by atoms with Crippen LogP contribution in [0.2, 0.25) is 0 Å². The van der Waals surface area contributed by atoms with Crippen molar-refractivity contribution < 1.29 is 29.7 Å². The Kier molecular flexibility index (Phi) is 17.8. The number of aryl methyl sites for hydroxylation is 2. The quantitative estimate of drug-likeness (QED) is 0.144. The van der Waals surface area contributed by atoms with Crippen molar-refractivity contribution in [3.63, 3.8) is 0 Å². The molecule has 12 aliphatic rings. The summed E-state index contributed by atoms with van der Waals surface area (Å²) in [6, 6.07) is 0. The molecule has 13 nitrogen and oxygen atoms in total. The second-order valence-electron chi connectivity index (χ2n) is 37.3. The van der Waals surface area contributed by atoms with E-state index in [2.05, 4.69) is 68.7 Å². The van der Waals surface area contributed by atoms with Gasteiger partial charge in [0.25, 0.3) is 0 Å². The molecule has 0 bridgehead atoms. The molecule has 0 spiro atoms. The monoisotopic (exact) mass is 1280 g/mol. The minimum absolute atomic E-state index is 0.132. The predicted molar refractivity (Wildman–Crippen MR) is 367 cm³/mol. The number of ketones is 3. The minimum atomic E-state index is -0.475. The summed E-state index contributed by atoms with van der Waals surface area (Å²) in [4.78, 5) is 40.1. The van der Waals surface area contributed by atoms with Crippen molar-refractivity contribution in [2.24, 2.45) is 121 Å². The summed E-state index contributed by atoms with van der Waals surface area (Å²) in [6.07, 6.45) is 42.6. The first kappa shape index (κ1) is 67.6. The van der Waals surface area contributed by atoms with Gasteiger partial charge in [0.1, 0.15) is 0 Å². The van der Waals surface area contributed by atoms with Crippen LogP contribution in [0.5, 0.6) is 0 Å². The number of aromatic nitrogens is 6. The average Bonchev–Trinajstić information content (AvgIpc) is 1.69. The Morgan fingerprint density at radius 2 is 0.720 bits per heavy atom. The molecule has 93 heavy (non-hydrogen) atoms. The molecule has 0 unspecified atom stereocenters. The topological polar surface area (TPSA) is 177 Å². The second kappa shape index (κ2) is 24.5. The van der Waals surface area contributed by atoms with Crippen LogP contribution in [0.4, 0.5) is 5.69 Å². The van der Waals surface area contributed by atoms with E-state index in [1.807, 2.05) is 81.9 Å². The van der Waals surface area contributed by atoms with Gasteiger partial charge in [-0.3, -0.25) is 28.4 Å². The number of carbonyl (C=O) groups is 3. The Balaban J connectivity index is 0.000000127. The lowest BCUT2D eigenvalue weighted by Gasteiger charge is -2.61. The molecule has 514 valence electrons. The number of rotatable bonds is 11. The van der Waals surface area contributed by atoms with Crippen LogP contribution in [0.1, 0.15) is 254 Å². The van der Waals surface area contributed by atoms with Crippen LogP contribution in [0.15, 0.2) is 49.5 Å². The first-order valence-electron chi connectivity index (χ1n) is 37.9. The lowest BCUT2D eigenvalue weighted by molar-refractivity contribution is -0.151. The highest BCUT2D eigenvalue weighted by atomic mass is 16.3. The summed E-state index contributed by atoms with van der Waals surface area (Å²) in [5.41, 5.74) is 4.23. The highest BCUT2D eigenvalue weighted by molar-refractivity contribution is 5.83. The molecule has 15 rings (SSSR count). The third-order valence-electron chi connectivity index (χ3n) is 31.5. The van der Waals surface area contributed by atoms with Gasteiger partial charge in [-0.2, -0.15) is 15.3 Å². The number of nitrogens with zero attached hydrogens (tertiary/aromatic N) is 6. The van der Waals surface area contributed by atoms with Crippen LogP contribution < -0.4 is 5.32 Å². The van der Waals surface area contributed by atoms with E-state index in [1.165, 1.54) is 109 Å². The molecule has 0 radical (unpaired) electrons. The third-order valence-corrected chi connectivity index (χ3v) is 31.5. The van der Waals surface area contributed by atoms with Crippen LogP contribution in [0.3, 0.4) is 0 Å². The van der Waals surface area contributed by atoms with Gasteiger partial charge < -0.3 is 20.6 Å². The summed E-state index contributed by atoms with van der Waals surface area (Å²) in [7, 11) is 0. The summed E-state index contributed by atoms with van der Waals surface area (Å²) in [5, 5.41) is 48.4. The third kappa shape index (κ3) is 12.2. The molecule has 4 N–H and O–H groups in total. The number of anilines is 1. The van der Waals surface area contributed by atoms with Gasteiger partial charge in [0.2, 0.25) is 0 Å². The fourth-order valence-corrected chi connectivity index (χ4v) is 26.6. The maximum absolute atomic E-state index is 13.5. The summed E-state index contributed by atoms with van der Waals surface area (Å²) >= 11 is 0. The Morgan fingerprint density at radius 1 is 0.419 bits per heavy atom. The summed E-state index contributed by atoms with van der Waals surface area (Å²) in [5.74, 6) is 10.4. The molecular formula is C80H123N7O6. The summed E-state index contributed by atoms with van der Waals surface area (Å²) in [6.45, 7) is 32.2. The number of fused-ring (bicyclic) bond motifs is 15. The normalized spacial score (nSPS) is 46.7. The fraction of sp³-hybridized carbons (Fsp3) is 0.825. The molecule has 3 aromatic heterocycles. The number of carbonyl (C=O) groups excluding carboxylic acids is 3. The van der Waals surface area contributed by atoms with E-state index in [0.717, 1.165) is 122 Å². The Labute approximate surface area is 559 Å². The first-order valence-corrected chi connectivity index (χ1v) is 37.9. The fourth-order valence-electron chi connectivity index (χ4n) is 26.6. The van der Waals surface area contributed by atoms with Gasteiger partial charge in [0.15, 0.2) is 17.3 Å². The van der Waals surface area contributed by atoms with E-state index < -0.39 is 16.8 Å². The van der Waals surface area contributed by atoms with E-state index in [0.29, 0.717) is 88.7 Å². The zero-order chi connectivity index (χ0) is 66.2. The molecule has 13 heteroatoms. The minimum Gasteiger partial charge on any atom is -0.390 e. The van der Waals surface area contributed by atoms with Gasteiger partial charge in [-0.15, -0.1) is 0 Å². The SMILES string of the molecule is C=C(C)Nc1cnn(CC(=O)[C@H]2CC[C@H]3[C@@H]4CC[C@H]5C[C@](C)(O)CC[C@]5(C)[C@H]4CC[C@]23C)c1.Cc1cnn(CC(=O)[C@H]2CC[C@H]3[C@@H]4CC[C@H]5C[C@](C)(O)CC[C@]5(C)[C@H]4CC[C@]23C)c1.Cc1cnn(CC(=O)[C@H]2CC[C@H]3[C@@H]4CC[C@H]5C[C@](C)(O)CC[C@]5(C)[C@H]4CC[C@]23C)c1. The smallest absolute Gasteiger partial charge is 0.157 e. The van der Waals surface area contributed by atoms with Crippen LogP contribution in [0, 0.1) is 135 Å². The highest BCUT2D eigenvalue weighted by Crippen LogP contribution is 2.72. The van der Waals surface area contributed by atoms with E-state index >= 15 is 0 Å². The zero-order valence-electron chi connectivity index (χ0n) is 59.8. The molecule has 0 saturated heterocycles. The lowest BCUT2D eigenvalue weighted by atomic mass is 9.44. The number of allylic oxidation sites excluding steroid dienone is 1. The van der Waals surface area contributed by atoms with Crippen molar-refractivity contribution in [3.05, 3.63) is 60.6 Å². The molecule has 3 aromatic rings. The number of aliphatic hydroxyl groups is 3. The van der Waals surface area contributed by atoms with Gasteiger partial charge in [-0.1, -0.05) is 48.1 Å². The molecule has 0 aromatic carbocycles. The van der Waals surface area contributed by atoms with Crippen LogP contribution in [-0.2, 0) is 34.0 Å². The zero-order valence-corrected chi connectivity index (χ0v) is 59.8. The van der Waals surface area contributed by atoms with Crippen molar-refractivity contribution in [2.45, 2.75) is 293 Å². The van der Waals surface area contributed by atoms with Gasteiger partial charge >= 0.3 is 0 Å². The van der Waals surface area contributed by atoms with Gasteiger partial charge in [-0.05, 0) is 330 Å². The largest absolute Gasteiger partial charge is 0.390 e. The van der Waals surface area contributed by atoms with Crippen molar-refractivity contribution in [1.82, 2.24) is 29.3 Å². The molecule has 12 saturated carbocycles. The second-order valence-corrected chi connectivity index (χ2v) is 37.3. The first-order chi connectivity index (χ1) is 43.8. The van der Waals surface area contributed by atoms with E-state index in [-0.39, 0.29) is 34.0 Å². The lowest BCUT2D eigenvalue weighted by Crippen LogP contribution is -2.55. The maximum atomic E-state index is 13.5. The van der Waals surface area contributed by atoms with Crippen molar-refractivity contribution in [1.29, 1.82) is 0 Å². The van der Waals surface area contributed by atoms with E-state index in [1.54, 1.807) is 10.9 Å². The van der Waals surface area contributed by atoms with Crippen LogP contribution in [-0.4, -0.2) is 78.8 Å². The Bertz CT molecular complexity index is 3130. The van der Waals surface area contributed by atoms with Gasteiger partial charge in [-0.25, -0.2) is 0 Å². The van der Waals surface area contributed by atoms with Gasteiger partial charge in [0, 0.05) is 42.0 Å². The predicted octanol–water partition coefficient (Wildman–Crippen LogP) is 16.1. The number of Topliss-reactive ketones (excluding diaryl/α,β-unsaturated/α-hetero) is 3. The maximum Gasteiger partial charge on any atom is 0.157 e. The van der Waals surface area contributed by atoms with E-state index in [9.17, 15) is 29.7 Å². The molecule has 3 heterocycles. The number of hydrogen-bond donors (Lipinski definition) is 4. The number of hydrogen-bond acceptors (Lipinski definition) is 10. The molecule has 12 aliphatic carbocycles. The average molecular weight is 1280 g/mol. The molecule has 24 atom stereocenters. The highest BCUT2D eigenvalue weighted by Gasteiger charge is 2.65. The van der Waals surface area contributed by atoms with Crippen molar-refractivity contribution >= 4 is 23.0 Å². The van der Waals surface area contributed by atoms with Crippen LogP contribution in [0.25, 0.3) is 0 Å². The van der Waals surface area contributed by atoms with Gasteiger partial charge in [0.05, 0.1) is 60.7 Å². The van der Waals surface area contributed by atoms with Crippen molar-refractivity contribution in [3.8, 4) is 0 Å². The summed E-state index contributed by atoms with van der Waals surface area (Å²) < 4.78 is 5.45. The molecular weight excluding hydrogens is 1150 g/mol. The Hall–Kier alpha value is -3.94. The van der Waals surface area contributed by atoms with Crippen molar-refractivity contribution in [2.75, 3.05) is 5.32 Å². The molecule has 0 aliphatic heterocycles. The standard InChI is InChI=1S/C28H43N3O2.2C26H40N2O2/c1-18(2)30-20-15-29-31(16-20)17-25(32)24-9-8-22-21-7-6-19-14-26(3,33)12-13-27(19,4)23(21)10-11-28(22,24)5;2*1-17-14-27-28(15-17)16-23(29)22-8-7-20-19-6-5-18-13-24(2,30)11-12-25(18,3)21(19)9-10-26(20,22)4/h15-16,19,21-24,30,33H,1,6-14,17H2,2-5H3;2*14-15,18-22,30H,5-13,16H2,1-4H3/t19-,21-,22-,23-,24+,26+,27-,28-;2*18-,19-,20-,21-,22+,24+,25-,26-/m000/s1. The molecule has 12 fully saturated rings. The number of nitrogens with one attached hydrogen (secondary N) is 1.